The van der Waals surface area contributed by atoms with Crippen molar-refractivity contribution in [2.24, 2.45) is 0 Å². The zero-order chi connectivity index (χ0) is 18.9. The molecule has 4 nitrogen and oxygen atoms in total. The van der Waals surface area contributed by atoms with Gasteiger partial charge in [0.15, 0.2) is 6.61 Å². The minimum Gasteiger partial charge on any atom is -0.456 e. The van der Waals surface area contributed by atoms with E-state index in [1.165, 1.54) is 29.8 Å². The highest BCUT2D eigenvalue weighted by molar-refractivity contribution is 7.99. The predicted octanol–water partition coefficient (Wildman–Crippen LogP) is 4.16. The maximum Gasteiger partial charge on any atom is 0.307 e. The largest absolute Gasteiger partial charge is 0.456 e. The summed E-state index contributed by atoms with van der Waals surface area (Å²) in [6.07, 6.45) is 0.167. The fourth-order valence-electron chi connectivity index (χ4n) is 2.10. The Hall–Kier alpha value is -2.05. The third kappa shape index (κ3) is 6.35. The summed E-state index contributed by atoms with van der Waals surface area (Å²) in [6, 6.07) is 13.6. The van der Waals surface area contributed by atoms with Gasteiger partial charge in [0.25, 0.3) is 5.91 Å². The van der Waals surface area contributed by atoms with E-state index in [1.807, 2.05) is 18.2 Å². The highest BCUT2D eigenvalue weighted by Gasteiger charge is 2.14. The Bertz CT molecular complexity index is 772. The van der Waals surface area contributed by atoms with Crippen LogP contribution in [0.5, 0.6) is 0 Å². The molecule has 0 aliphatic rings. The summed E-state index contributed by atoms with van der Waals surface area (Å²) in [7, 11) is 1.54. The number of rotatable bonds is 8. The van der Waals surface area contributed by atoms with Gasteiger partial charge >= 0.3 is 5.97 Å². The maximum atomic E-state index is 13.6. The fourth-order valence-corrected chi connectivity index (χ4v) is 3.27. The van der Waals surface area contributed by atoms with Crippen molar-refractivity contribution in [2.45, 2.75) is 17.9 Å². The third-order valence-electron chi connectivity index (χ3n) is 3.55. The first kappa shape index (κ1) is 20.3. The number of ether oxygens (including phenoxy) is 1. The molecule has 0 spiro atoms. The molecule has 2 rings (SSSR count). The van der Waals surface area contributed by atoms with Crippen LogP contribution in [0.4, 0.5) is 4.39 Å². The lowest BCUT2D eigenvalue weighted by Gasteiger charge is -2.17. The maximum absolute atomic E-state index is 13.6. The van der Waals surface area contributed by atoms with Crippen LogP contribution >= 0.6 is 23.4 Å². The molecule has 0 fully saturated rings. The van der Waals surface area contributed by atoms with Crippen molar-refractivity contribution in [2.75, 3.05) is 19.4 Å². The van der Waals surface area contributed by atoms with Gasteiger partial charge in [0.1, 0.15) is 5.82 Å². The molecular formula is C19H19ClFNO3S. The summed E-state index contributed by atoms with van der Waals surface area (Å²) >= 11 is 7.49. The monoisotopic (exact) mass is 395 g/mol. The number of thioether (sulfide) groups is 1. The Morgan fingerprint density at radius 3 is 2.58 bits per heavy atom. The van der Waals surface area contributed by atoms with E-state index in [0.29, 0.717) is 16.3 Å². The van der Waals surface area contributed by atoms with Gasteiger partial charge in [-0.2, -0.15) is 0 Å². The summed E-state index contributed by atoms with van der Waals surface area (Å²) in [5.41, 5.74) is 0.408. The number of likely N-dealkylation sites (N-methyl/N-ethyl adjacent to an activating group) is 1. The number of carbonyl (C=O) groups is 2. The molecule has 0 saturated carbocycles. The van der Waals surface area contributed by atoms with Gasteiger partial charge in [-0.15, -0.1) is 11.8 Å². The number of halogens is 2. The van der Waals surface area contributed by atoms with E-state index in [0.717, 1.165) is 4.90 Å². The zero-order valence-electron chi connectivity index (χ0n) is 14.3. The number of amides is 1. The van der Waals surface area contributed by atoms with E-state index >= 15 is 0 Å². The number of carbonyl (C=O) groups excluding carboxylic acids is 2. The lowest BCUT2D eigenvalue weighted by molar-refractivity contribution is -0.151. The van der Waals surface area contributed by atoms with Gasteiger partial charge in [-0.05, 0) is 18.2 Å². The molecule has 0 aliphatic heterocycles. The van der Waals surface area contributed by atoms with Crippen molar-refractivity contribution < 1.29 is 18.7 Å². The van der Waals surface area contributed by atoms with E-state index in [1.54, 1.807) is 24.3 Å². The summed E-state index contributed by atoms with van der Waals surface area (Å²) in [6.45, 7) is -0.244. The molecule has 138 valence electrons. The summed E-state index contributed by atoms with van der Waals surface area (Å²) in [4.78, 5) is 26.0. The van der Waals surface area contributed by atoms with Crippen molar-refractivity contribution >= 4 is 35.2 Å². The van der Waals surface area contributed by atoms with Crippen LogP contribution < -0.4 is 0 Å². The first-order chi connectivity index (χ1) is 12.5. The van der Waals surface area contributed by atoms with Crippen molar-refractivity contribution in [3.63, 3.8) is 0 Å². The number of hydrogen-bond donors (Lipinski definition) is 0. The minimum atomic E-state index is -0.461. The molecule has 0 bridgehead atoms. The molecule has 0 N–H and O–H groups in total. The number of esters is 1. The van der Waals surface area contributed by atoms with Gasteiger partial charge < -0.3 is 9.64 Å². The molecule has 26 heavy (non-hydrogen) atoms. The van der Waals surface area contributed by atoms with Gasteiger partial charge in [0.2, 0.25) is 0 Å². The van der Waals surface area contributed by atoms with Crippen molar-refractivity contribution in [1.29, 1.82) is 0 Å². The van der Waals surface area contributed by atoms with Gasteiger partial charge in [0, 0.05) is 29.8 Å². The molecule has 2 aromatic carbocycles. The summed E-state index contributed by atoms with van der Waals surface area (Å²) in [5.74, 6) is -0.722. The Balaban J connectivity index is 1.70. The fraction of sp³-hybridized carbons (Fsp3) is 0.263. The molecular weight excluding hydrogens is 377 g/mol. The highest BCUT2D eigenvalue weighted by atomic mass is 35.5. The van der Waals surface area contributed by atoms with Crippen LogP contribution in [-0.2, 0) is 20.9 Å². The first-order valence-corrected chi connectivity index (χ1v) is 9.34. The lowest BCUT2D eigenvalue weighted by Crippen LogP contribution is -2.31. The molecule has 0 aromatic heterocycles. The number of hydrogen-bond acceptors (Lipinski definition) is 4. The number of nitrogens with zero attached hydrogens (tertiary/aromatic N) is 1. The van der Waals surface area contributed by atoms with Gasteiger partial charge in [-0.25, -0.2) is 4.39 Å². The predicted molar refractivity (Wildman–Crippen MR) is 101 cm³/mol. The molecule has 0 heterocycles. The Morgan fingerprint density at radius 1 is 1.15 bits per heavy atom. The van der Waals surface area contributed by atoms with Crippen LogP contribution in [0.15, 0.2) is 53.4 Å². The SMILES string of the molecule is CN(Cc1ccccc1F)C(=O)COC(=O)CCSc1ccccc1Cl. The standard InChI is InChI=1S/C19H19ClFNO3S/c1-22(12-14-6-2-4-8-16(14)21)18(23)13-25-19(24)10-11-26-17-9-5-3-7-15(17)20/h2-9H,10-13H2,1H3. The van der Waals surface area contributed by atoms with Crippen molar-refractivity contribution in [1.82, 2.24) is 4.90 Å². The van der Waals surface area contributed by atoms with Crippen LogP contribution in [-0.4, -0.2) is 36.2 Å². The average Bonchev–Trinajstić information content (AvgIpc) is 2.63. The summed E-state index contributed by atoms with van der Waals surface area (Å²) in [5, 5.41) is 0.635. The third-order valence-corrected chi connectivity index (χ3v) is 5.07. The molecule has 0 aliphatic carbocycles. The Morgan fingerprint density at radius 2 is 1.85 bits per heavy atom. The molecule has 0 saturated heterocycles. The van der Waals surface area contributed by atoms with E-state index in [-0.39, 0.29) is 31.3 Å². The zero-order valence-corrected chi connectivity index (χ0v) is 15.9. The average molecular weight is 396 g/mol. The number of benzene rings is 2. The molecule has 0 unspecified atom stereocenters. The minimum absolute atomic E-state index is 0.116. The van der Waals surface area contributed by atoms with Crippen molar-refractivity contribution in [3.8, 4) is 0 Å². The van der Waals surface area contributed by atoms with Crippen LogP contribution in [0.2, 0.25) is 5.02 Å². The van der Waals surface area contributed by atoms with Crippen LogP contribution in [0, 0.1) is 5.82 Å². The molecule has 7 heteroatoms. The highest BCUT2D eigenvalue weighted by Crippen LogP contribution is 2.26. The second-order valence-corrected chi connectivity index (χ2v) is 7.07. The van der Waals surface area contributed by atoms with Crippen LogP contribution in [0.1, 0.15) is 12.0 Å². The Kier molecular flexibility index (Phi) is 7.94. The molecule has 0 atom stereocenters. The van der Waals surface area contributed by atoms with E-state index in [4.69, 9.17) is 16.3 Å². The van der Waals surface area contributed by atoms with E-state index in [9.17, 15) is 14.0 Å². The molecule has 0 radical (unpaired) electrons. The quantitative estimate of drug-likeness (QED) is 0.497. The van der Waals surface area contributed by atoms with Gasteiger partial charge in [0.05, 0.1) is 11.4 Å². The second kappa shape index (κ2) is 10.2. The second-order valence-electron chi connectivity index (χ2n) is 5.53. The van der Waals surface area contributed by atoms with Gasteiger partial charge in [-0.1, -0.05) is 41.9 Å². The van der Waals surface area contributed by atoms with Crippen molar-refractivity contribution in [3.05, 3.63) is 64.9 Å². The summed E-state index contributed by atoms with van der Waals surface area (Å²) < 4.78 is 18.6. The first-order valence-electron chi connectivity index (χ1n) is 7.97. The smallest absolute Gasteiger partial charge is 0.307 e. The van der Waals surface area contributed by atoms with Gasteiger partial charge in [-0.3, -0.25) is 9.59 Å². The topological polar surface area (TPSA) is 46.6 Å². The molecule has 2 aromatic rings. The van der Waals surface area contributed by atoms with Crippen LogP contribution in [0.3, 0.4) is 0 Å². The molecule has 1 amide bonds. The van der Waals surface area contributed by atoms with E-state index < -0.39 is 5.97 Å². The van der Waals surface area contributed by atoms with Crippen LogP contribution in [0.25, 0.3) is 0 Å². The normalized spacial score (nSPS) is 10.4. The lowest BCUT2D eigenvalue weighted by atomic mass is 10.2. The van der Waals surface area contributed by atoms with E-state index in [2.05, 4.69) is 0 Å². The Labute approximate surface area is 161 Å².